The third kappa shape index (κ3) is 4.89. The number of likely N-dealkylation sites (N-methyl/N-ethyl adjacent to an activating group) is 1. The van der Waals surface area contributed by atoms with Gasteiger partial charge in [0.05, 0.1) is 6.61 Å². The molecule has 1 saturated heterocycles. The van der Waals surface area contributed by atoms with Gasteiger partial charge in [-0.3, -0.25) is 4.90 Å². The van der Waals surface area contributed by atoms with E-state index in [9.17, 15) is 0 Å². The third-order valence-electron chi connectivity index (χ3n) is 3.81. The molecule has 1 heterocycles. The molecule has 3 heteroatoms. The van der Waals surface area contributed by atoms with Crippen LogP contribution < -0.4 is 5.32 Å². The molecule has 0 spiro atoms. The standard InChI is InChI=1S/C17H28N2O/c1-17(2,3)18-11-14-5-7-15(8-6-14)12-19(4)16-9-10-20-13-16/h5-8,16,18H,9-13H2,1-4H3. The average molecular weight is 276 g/mol. The SMILES string of the molecule is CN(Cc1ccc(CNC(C)(C)C)cc1)C1CCOC1. The van der Waals surface area contributed by atoms with Gasteiger partial charge in [0.25, 0.3) is 0 Å². The zero-order valence-electron chi connectivity index (χ0n) is 13.3. The smallest absolute Gasteiger partial charge is 0.0622 e. The molecule has 3 nitrogen and oxygen atoms in total. The largest absolute Gasteiger partial charge is 0.380 e. The molecule has 1 unspecified atom stereocenters. The predicted octanol–water partition coefficient (Wildman–Crippen LogP) is 2.80. The van der Waals surface area contributed by atoms with Crippen molar-refractivity contribution in [2.45, 2.75) is 51.9 Å². The maximum atomic E-state index is 5.45. The average Bonchev–Trinajstić information content (AvgIpc) is 2.91. The summed E-state index contributed by atoms with van der Waals surface area (Å²) in [6.07, 6.45) is 1.16. The van der Waals surface area contributed by atoms with Crippen molar-refractivity contribution in [2.75, 3.05) is 20.3 Å². The number of ether oxygens (including phenoxy) is 1. The van der Waals surface area contributed by atoms with E-state index in [4.69, 9.17) is 4.74 Å². The van der Waals surface area contributed by atoms with Crippen LogP contribution in [0.15, 0.2) is 24.3 Å². The molecule has 0 bridgehead atoms. The molecular weight excluding hydrogens is 248 g/mol. The minimum Gasteiger partial charge on any atom is -0.380 e. The molecule has 1 aromatic rings. The normalized spacial score (nSPS) is 19.8. The maximum absolute atomic E-state index is 5.45. The first kappa shape index (κ1) is 15.5. The predicted molar refractivity (Wildman–Crippen MR) is 83.7 cm³/mol. The summed E-state index contributed by atoms with van der Waals surface area (Å²) >= 11 is 0. The van der Waals surface area contributed by atoms with Crippen LogP contribution in [-0.4, -0.2) is 36.7 Å². The van der Waals surface area contributed by atoms with E-state index in [0.29, 0.717) is 6.04 Å². The van der Waals surface area contributed by atoms with E-state index in [0.717, 1.165) is 32.7 Å². The summed E-state index contributed by atoms with van der Waals surface area (Å²) in [4.78, 5) is 2.40. The van der Waals surface area contributed by atoms with Crippen LogP contribution in [0.1, 0.15) is 38.3 Å². The Bertz CT molecular complexity index is 402. The van der Waals surface area contributed by atoms with Crippen LogP contribution in [0, 0.1) is 0 Å². The fourth-order valence-electron chi connectivity index (χ4n) is 2.42. The molecule has 0 radical (unpaired) electrons. The van der Waals surface area contributed by atoms with Crippen molar-refractivity contribution in [2.24, 2.45) is 0 Å². The van der Waals surface area contributed by atoms with Gasteiger partial charge in [0, 0.05) is 31.3 Å². The van der Waals surface area contributed by atoms with Gasteiger partial charge in [-0.15, -0.1) is 0 Å². The quantitative estimate of drug-likeness (QED) is 0.895. The summed E-state index contributed by atoms with van der Waals surface area (Å²) in [7, 11) is 2.19. The van der Waals surface area contributed by atoms with Crippen molar-refractivity contribution in [1.82, 2.24) is 10.2 Å². The Kier molecular flexibility index (Phi) is 5.19. The van der Waals surface area contributed by atoms with Crippen LogP contribution in [0.4, 0.5) is 0 Å². The van der Waals surface area contributed by atoms with Gasteiger partial charge in [-0.1, -0.05) is 24.3 Å². The third-order valence-corrected chi connectivity index (χ3v) is 3.81. The van der Waals surface area contributed by atoms with Crippen molar-refractivity contribution in [3.63, 3.8) is 0 Å². The van der Waals surface area contributed by atoms with Crippen molar-refractivity contribution in [3.8, 4) is 0 Å². The summed E-state index contributed by atoms with van der Waals surface area (Å²) in [5.74, 6) is 0. The Balaban J connectivity index is 1.84. The zero-order valence-corrected chi connectivity index (χ0v) is 13.3. The molecule has 112 valence electrons. The highest BCUT2D eigenvalue weighted by atomic mass is 16.5. The Morgan fingerprint density at radius 2 is 1.85 bits per heavy atom. The molecule has 0 saturated carbocycles. The molecule has 1 fully saturated rings. The first-order valence-electron chi connectivity index (χ1n) is 7.55. The minimum absolute atomic E-state index is 0.168. The molecule has 1 N–H and O–H groups in total. The topological polar surface area (TPSA) is 24.5 Å². The van der Waals surface area contributed by atoms with E-state index < -0.39 is 0 Å². The van der Waals surface area contributed by atoms with Crippen molar-refractivity contribution >= 4 is 0 Å². The number of rotatable bonds is 5. The molecule has 20 heavy (non-hydrogen) atoms. The van der Waals surface area contributed by atoms with Crippen LogP contribution in [0.5, 0.6) is 0 Å². The van der Waals surface area contributed by atoms with Crippen LogP contribution in [0.25, 0.3) is 0 Å². The number of nitrogens with zero attached hydrogens (tertiary/aromatic N) is 1. The fraction of sp³-hybridized carbons (Fsp3) is 0.647. The Morgan fingerprint density at radius 3 is 2.40 bits per heavy atom. The number of hydrogen-bond donors (Lipinski definition) is 1. The Labute approximate surface area is 123 Å². The second-order valence-electron chi connectivity index (χ2n) is 6.85. The summed E-state index contributed by atoms with van der Waals surface area (Å²) in [6.45, 7) is 10.3. The summed E-state index contributed by atoms with van der Waals surface area (Å²) in [5, 5.41) is 3.52. The highest BCUT2D eigenvalue weighted by Crippen LogP contribution is 2.14. The highest BCUT2D eigenvalue weighted by molar-refractivity contribution is 5.22. The van der Waals surface area contributed by atoms with Gasteiger partial charge >= 0.3 is 0 Å². The monoisotopic (exact) mass is 276 g/mol. The molecule has 2 rings (SSSR count). The highest BCUT2D eigenvalue weighted by Gasteiger charge is 2.20. The summed E-state index contributed by atoms with van der Waals surface area (Å²) in [5.41, 5.74) is 2.89. The van der Waals surface area contributed by atoms with Crippen LogP contribution in [-0.2, 0) is 17.8 Å². The molecule has 1 aliphatic heterocycles. The van der Waals surface area contributed by atoms with Crippen LogP contribution in [0.2, 0.25) is 0 Å². The summed E-state index contributed by atoms with van der Waals surface area (Å²) < 4.78 is 5.45. The summed E-state index contributed by atoms with van der Waals surface area (Å²) in [6, 6.07) is 9.52. The number of nitrogens with one attached hydrogen (secondary N) is 1. The lowest BCUT2D eigenvalue weighted by Crippen LogP contribution is -2.35. The van der Waals surface area contributed by atoms with Gasteiger partial charge in [-0.2, -0.15) is 0 Å². The lowest BCUT2D eigenvalue weighted by Gasteiger charge is -2.23. The lowest BCUT2D eigenvalue weighted by molar-refractivity contribution is 0.156. The second kappa shape index (κ2) is 6.70. The van der Waals surface area contributed by atoms with E-state index in [1.54, 1.807) is 0 Å². The Hall–Kier alpha value is -0.900. The Morgan fingerprint density at radius 1 is 1.20 bits per heavy atom. The number of benzene rings is 1. The molecule has 1 aromatic carbocycles. The zero-order chi connectivity index (χ0) is 14.6. The van der Waals surface area contributed by atoms with E-state index in [1.807, 2.05) is 0 Å². The van der Waals surface area contributed by atoms with Crippen molar-refractivity contribution in [3.05, 3.63) is 35.4 Å². The minimum atomic E-state index is 0.168. The van der Waals surface area contributed by atoms with Crippen molar-refractivity contribution in [1.29, 1.82) is 0 Å². The first-order valence-corrected chi connectivity index (χ1v) is 7.55. The van der Waals surface area contributed by atoms with Crippen molar-refractivity contribution < 1.29 is 4.74 Å². The molecule has 1 atom stereocenters. The van der Waals surface area contributed by atoms with Gasteiger partial charge < -0.3 is 10.1 Å². The van der Waals surface area contributed by atoms with Gasteiger partial charge in [-0.05, 0) is 45.4 Å². The van der Waals surface area contributed by atoms with E-state index >= 15 is 0 Å². The molecule has 1 aliphatic rings. The van der Waals surface area contributed by atoms with E-state index in [-0.39, 0.29) is 5.54 Å². The molecule has 0 amide bonds. The van der Waals surface area contributed by atoms with Gasteiger partial charge in [-0.25, -0.2) is 0 Å². The van der Waals surface area contributed by atoms with Crippen LogP contribution in [0.3, 0.4) is 0 Å². The second-order valence-corrected chi connectivity index (χ2v) is 6.85. The van der Waals surface area contributed by atoms with Gasteiger partial charge in [0.15, 0.2) is 0 Å². The van der Waals surface area contributed by atoms with Gasteiger partial charge in [0.1, 0.15) is 0 Å². The molecular formula is C17H28N2O. The maximum Gasteiger partial charge on any atom is 0.0622 e. The first-order chi connectivity index (χ1) is 9.44. The molecule has 0 aromatic heterocycles. The lowest BCUT2D eigenvalue weighted by atomic mass is 10.1. The van der Waals surface area contributed by atoms with Crippen LogP contribution >= 0.6 is 0 Å². The fourth-order valence-corrected chi connectivity index (χ4v) is 2.42. The van der Waals surface area contributed by atoms with E-state index in [1.165, 1.54) is 11.1 Å². The van der Waals surface area contributed by atoms with E-state index in [2.05, 4.69) is 62.3 Å². The molecule has 0 aliphatic carbocycles. The van der Waals surface area contributed by atoms with Gasteiger partial charge in [0.2, 0.25) is 0 Å². The number of hydrogen-bond acceptors (Lipinski definition) is 3.